The third-order valence-corrected chi connectivity index (χ3v) is 5.44. The molecule has 2 heterocycles. The number of methoxy groups -OCH3 is 1. The van der Waals surface area contributed by atoms with Crippen LogP contribution in [0.5, 0.6) is 0 Å². The topological polar surface area (TPSA) is 74.1 Å². The van der Waals surface area contributed by atoms with Gasteiger partial charge in [-0.1, -0.05) is 18.6 Å². The molecule has 1 aromatic heterocycles. The Morgan fingerprint density at radius 3 is 2.55 bits per heavy atom. The molecule has 0 bridgehead atoms. The summed E-state index contributed by atoms with van der Waals surface area (Å²) in [5.74, 6) is 1.81. The molecule has 0 radical (unpaired) electrons. The van der Waals surface area contributed by atoms with Gasteiger partial charge in [0.1, 0.15) is 5.76 Å². The second-order valence-electron chi connectivity index (χ2n) is 7.55. The summed E-state index contributed by atoms with van der Waals surface area (Å²) in [6.07, 6.45) is 5.58. The SMILES string of the molecule is CN=C(NCc1ccc(NCCOC)cc1)NCC(c1ccco1)N1CCCCC1.I. The highest BCUT2D eigenvalue weighted by Gasteiger charge is 2.24. The summed E-state index contributed by atoms with van der Waals surface area (Å²) in [6.45, 7) is 5.20. The molecule has 0 amide bonds. The number of nitrogens with zero attached hydrogens (tertiary/aromatic N) is 2. The monoisotopic (exact) mass is 541 g/mol. The van der Waals surface area contributed by atoms with E-state index in [1.165, 1.54) is 24.8 Å². The zero-order chi connectivity index (χ0) is 21.0. The van der Waals surface area contributed by atoms with Crippen LogP contribution in [0.3, 0.4) is 0 Å². The summed E-state index contributed by atoms with van der Waals surface area (Å²) in [4.78, 5) is 6.90. The van der Waals surface area contributed by atoms with Gasteiger partial charge < -0.3 is 25.1 Å². The van der Waals surface area contributed by atoms with Crippen LogP contribution in [0.1, 0.15) is 36.6 Å². The first-order valence-electron chi connectivity index (χ1n) is 10.8. The van der Waals surface area contributed by atoms with E-state index in [4.69, 9.17) is 9.15 Å². The van der Waals surface area contributed by atoms with Crippen LogP contribution < -0.4 is 16.0 Å². The first-order valence-corrected chi connectivity index (χ1v) is 10.8. The molecule has 1 unspecified atom stereocenters. The van der Waals surface area contributed by atoms with Crippen molar-refractivity contribution >= 4 is 35.6 Å². The molecule has 7 nitrogen and oxygen atoms in total. The second-order valence-corrected chi connectivity index (χ2v) is 7.55. The summed E-state index contributed by atoms with van der Waals surface area (Å²) in [5, 5.41) is 10.2. The molecule has 0 spiro atoms. The number of hydrogen-bond acceptors (Lipinski definition) is 5. The zero-order valence-corrected chi connectivity index (χ0v) is 20.9. The van der Waals surface area contributed by atoms with E-state index in [9.17, 15) is 0 Å². The van der Waals surface area contributed by atoms with Crippen molar-refractivity contribution in [1.29, 1.82) is 0 Å². The fourth-order valence-corrected chi connectivity index (χ4v) is 3.76. The van der Waals surface area contributed by atoms with Crippen LogP contribution in [-0.2, 0) is 11.3 Å². The standard InChI is InChI=1S/C23H35N5O2.HI/c1-24-23(26-17-19-8-10-20(11-9-19)25-12-16-29-2)27-18-21(22-7-6-15-30-22)28-13-4-3-5-14-28;/h6-11,15,21,25H,3-5,12-14,16-18H2,1-2H3,(H2,24,26,27);1H. The van der Waals surface area contributed by atoms with E-state index in [2.05, 4.69) is 56.2 Å². The van der Waals surface area contributed by atoms with Crippen molar-refractivity contribution in [2.45, 2.75) is 31.8 Å². The van der Waals surface area contributed by atoms with Gasteiger partial charge in [0.05, 0.1) is 18.9 Å². The average molecular weight is 541 g/mol. The summed E-state index contributed by atoms with van der Waals surface area (Å²) in [6, 6.07) is 12.7. The normalized spacial score (nSPS) is 15.7. The Labute approximate surface area is 203 Å². The molecule has 1 aromatic carbocycles. The van der Waals surface area contributed by atoms with Crippen LogP contribution in [0.4, 0.5) is 5.69 Å². The molecule has 1 atom stereocenters. The van der Waals surface area contributed by atoms with Gasteiger partial charge in [0.15, 0.2) is 5.96 Å². The van der Waals surface area contributed by atoms with Crippen LogP contribution in [0.15, 0.2) is 52.1 Å². The van der Waals surface area contributed by atoms with Crippen molar-refractivity contribution in [3.63, 3.8) is 0 Å². The third-order valence-electron chi connectivity index (χ3n) is 5.44. The van der Waals surface area contributed by atoms with Crippen molar-refractivity contribution in [3.8, 4) is 0 Å². The highest BCUT2D eigenvalue weighted by Crippen LogP contribution is 2.24. The van der Waals surface area contributed by atoms with E-state index in [1.807, 2.05) is 6.07 Å². The lowest BCUT2D eigenvalue weighted by Crippen LogP contribution is -2.44. The Morgan fingerprint density at radius 1 is 1.13 bits per heavy atom. The lowest BCUT2D eigenvalue weighted by Gasteiger charge is -2.33. The number of benzene rings is 1. The van der Waals surface area contributed by atoms with Crippen molar-refractivity contribution < 1.29 is 9.15 Å². The fourth-order valence-electron chi connectivity index (χ4n) is 3.76. The summed E-state index contributed by atoms with van der Waals surface area (Å²) >= 11 is 0. The van der Waals surface area contributed by atoms with Gasteiger partial charge in [0.25, 0.3) is 0 Å². The van der Waals surface area contributed by atoms with Gasteiger partial charge in [-0.05, 0) is 55.8 Å². The van der Waals surface area contributed by atoms with Crippen LogP contribution in [0.2, 0.25) is 0 Å². The van der Waals surface area contributed by atoms with Gasteiger partial charge in [0, 0.05) is 39.5 Å². The molecule has 172 valence electrons. The molecule has 0 saturated carbocycles. The lowest BCUT2D eigenvalue weighted by atomic mass is 10.1. The van der Waals surface area contributed by atoms with Crippen molar-refractivity contribution in [2.24, 2.45) is 4.99 Å². The minimum Gasteiger partial charge on any atom is -0.468 e. The summed E-state index contributed by atoms with van der Waals surface area (Å²) in [5.41, 5.74) is 2.30. The Kier molecular flexibility index (Phi) is 11.8. The highest BCUT2D eigenvalue weighted by atomic mass is 127. The number of rotatable bonds is 10. The number of halogens is 1. The Morgan fingerprint density at radius 2 is 1.90 bits per heavy atom. The van der Waals surface area contributed by atoms with Crippen LogP contribution in [0.25, 0.3) is 0 Å². The van der Waals surface area contributed by atoms with E-state index in [0.29, 0.717) is 13.2 Å². The Hall–Kier alpha value is -1.78. The molecule has 31 heavy (non-hydrogen) atoms. The number of aliphatic imine (C=N–C) groups is 1. The second kappa shape index (κ2) is 14.3. The number of guanidine groups is 1. The van der Waals surface area contributed by atoms with Gasteiger partial charge in [-0.25, -0.2) is 0 Å². The molecular formula is C23H36IN5O2. The van der Waals surface area contributed by atoms with Crippen LogP contribution >= 0.6 is 24.0 Å². The first kappa shape index (κ1) is 25.5. The average Bonchev–Trinajstić information content (AvgIpc) is 3.32. The largest absolute Gasteiger partial charge is 0.468 e. The molecule has 1 aliphatic heterocycles. The maximum Gasteiger partial charge on any atom is 0.191 e. The van der Waals surface area contributed by atoms with Crippen molar-refractivity contribution in [1.82, 2.24) is 15.5 Å². The van der Waals surface area contributed by atoms with E-state index >= 15 is 0 Å². The minimum absolute atomic E-state index is 0. The molecule has 3 N–H and O–H groups in total. The molecule has 2 aromatic rings. The number of hydrogen-bond donors (Lipinski definition) is 3. The molecule has 1 fully saturated rings. The minimum atomic E-state index is 0. The number of nitrogens with one attached hydrogen (secondary N) is 3. The predicted molar refractivity (Wildman–Crippen MR) is 137 cm³/mol. The van der Waals surface area contributed by atoms with E-state index in [0.717, 1.165) is 43.6 Å². The van der Waals surface area contributed by atoms with Gasteiger partial charge in [-0.2, -0.15) is 0 Å². The summed E-state index contributed by atoms with van der Waals surface area (Å²) < 4.78 is 10.8. The quantitative estimate of drug-likeness (QED) is 0.184. The van der Waals surface area contributed by atoms with E-state index in [-0.39, 0.29) is 30.0 Å². The zero-order valence-electron chi connectivity index (χ0n) is 18.6. The van der Waals surface area contributed by atoms with E-state index in [1.54, 1.807) is 20.4 Å². The van der Waals surface area contributed by atoms with Crippen molar-refractivity contribution in [3.05, 3.63) is 54.0 Å². The van der Waals surface area contributed by atoms with E-state index < -0.39 is 0 Å². The number of likely N-dealkylation sites (tertiary alicyclic amines) is 1. The molecule has 3 rings (SSSR count). The van der Waals surface area contributed by atoms with Gasteiger partial charge in [0.2, 0.25) is 0 Å². The first-order chi connectivity index (χ1) is 14.8. The molecular weight excluding hydrogens is 505 g/mol. The predicted octanol–water partition coefficient (Wildman–Crippen LogP) is 3.85. The maximum atomic E-state index is 5.73. The summed E-state index contributed by atoms with van der Waals surface area (Å²) in [7, 11) is 3.52. The third kappa shape index (κ3) is 8.34. The Balaban J connectivity index is 0.00000341. The molecule has 8 heteroatoms. The number of furan rings is 1. The van der Waals surface area contributed by atoms with Gasteiger partial charge >= 0.3 is 0 Å². The molecule has 1 aliphatic rings. The molecule has 1 saturated heterocycles. The fraction of sp³-hybridized carbons (Fsp3) is 0.522. The van der Waals surface area contributed by atoms with Gasteiger partial charge in [-0.15, -0.1) is 24.0 Å². The highest BCUT2D eigenvalue weighted by molar-refractivity contribution is 14.0. The maximum absolute atomic E-state index is 5.73. The number of ether oxygens (including phenoxy) is 1. The van der Waals surface area contributed by atoms with Gasteiger partial charge in [-0.3, -0.25) is 9.89 Å². The smallest absolute Gasteiger partial charge is 0.191 e. The van der Waals surface area contributed by atoms with Crippen molar-refractivity contribution in [2.75, 3.05) is 52.3 Å². The molecule has 0 aliphatic carbocycles. The number of piperidine rings is 1. The number of anilines is 1. The van der Waals surface area contributed by atoms with Crippen LogP contribution in [-0.4, -0.2) is 57.8 Å². The Bertz CT molecular complexity index is 746. The van der Waals surface area contributed by atoms with Crippen LogP contribution in [0, 0.1) is 0 Å². The lowest BCUT2D eigenvalue weighted by molar-refractivity contribution is 0.146.